The molecule has 0 radical (unpaired) electrons. The summed E-state index contributed by atoms with van der Waals surface area (Å²) in [6.07, 6.45) is -7.09. The summed E-state index contributed by atoms with van der Waals surface area (Å²) < 4.78 is 40.8. The van der Waals surface area contributed by atoms with E-state index in [2.05, 4.69) is 0 Å². The molecule has 0 aliphatic rings. The second-order valence-corrected chi connectivity index (χ2v) is 4.09. The quantitative estimate of drug-likeness (QED) is 0.887. The maximum Gasteiger partial charge on any atom is 0.417 e. The maximum atomic E-state index is 12.0. The molecule has 1 N–H and O–H groups in total. The van der Waals surface area contributed by atoms with E-state index in [1.807, 2.05) is 13.8 Å². The Morgan fingerprint density at radius 3 is 2.12 bits per heavy atom. The van der Waals surface area contributed by atoms with Crippen LogP contribution in [0.1, 0.15) is 25.3 Å². The summed E-state index contributed by atoms with van der Waals surface area (Å²) in [5, 5.41) is 8.74. The average Bonchev–Trinajstić information content (AvgIpc) is 2.25. The summed E-state index contributed by atoms with van der Waals surface area (Å²) in [5.41, 5.74) is 1.08. The minimum Gasteiger partial charge on any atom is -0.491 e. The lowest BCUT2D eigenvalue weighted by Gasteiger charge is -2.15. The first-order valence-electron chi connectivity index (χ1n) is 5.28. The second-order valence-electron chi connectivity index (χ2n) is 4.09. The number of hydrogen-bond donors (Lipinski definition) is 1. The van der Waals surface area contributed by atoms with Crippen LogP contribution >= 0.6 is 0 Å². The van der Waals surface area contributed by atoms with Crippen LogP contribution in [0, 0.1) is 0 Å². The Morgan fingerprint density at radius 1 is 1.18 bits per heavy atom. The van der Waals surface area contributed by atoms with Gasteiger partial charge in [0, 0.05) is 0 Å². The number of ether oxygens (including phenoxy) is 1. The van der Waals surface area contributed by atoms with Crippen molar-refractivity contribution in [2.45, 2.75) is 32.0 Å². The fourth-order valence-electron chi connectivity index (χ4n) is 1.22. The van der Waals surface area contributed by atoms with Gasteiger partial charge in [-0.25, -0.2) is 0 Å². The number of aliphatic hydroxyl groups is 1. The van der Waals surface area contributed by atoms with E-state index in [0.717, 1.165) is 5.56 Å². The molecular weight excluding hydrogens is 233 g/mol. The number of aliphatic hydroxyl groups excluding tert-OH is 1. The molecular formula is C12H15F3O2. The minimum absolute atomic E-state index is 0.317. The highest BCUT2D eigenvalue weighted by atomic mass is 19.4. The van der Waals surface area contributed by atoms with E-state index in [1.54, 1.807) is 24.3 Å². The van der Waals surface area contributed by atoms with Gasteiger partial charge in [0.05, 0.1) is 0 Å². The predicted octanol–water partition coefficient (Wildman–Crippen LogP) is 3.11. The number of hydrogen-bond acceptors (Lipinski definition) is 2. The van der Waals surface area contributed by atoms with Gasteiger partial charge in [-0.2, -0.15) is 13.2 Å². The highest BCUT2D eigenvalue weighted by Gasteiger charge is 2.38. The van der Waals surface area contributed by atoms with Gasteiger partial charge in [0.1, 0.15) is 12.4 Å². The summed E-state index contributed by atoms with van der Waals surface area (Å²) >= 11 is 0. The molecule has 1 atom stereocenters. The van der Waals surface area contributed by atoms with Crippen molar-refractivity contribution in [3.8, 4) is 5.75 Å². The van der Waals surface area contributed by atoms with E-state index in [1.165, 1.54) is 0 Å². The van der Waals surface area contributed by atoms with Crippen LogP contribution in [0.25, 0.3) is 0 Å². The van der Waals surface area contributed by atoms with Crippen molar-refractivity contribution in [3.63, 3.8) is 0 Å². The van der Waals surface area contributed by atoms with E-state index in [-0.39, 0.29) is 0 Å². The van der Waals surface area contributed by atoms with E-state index in [4.69, 9.17) is 9.84 Å². The molecule has 0 spiro atoms. The molecule has 2 nitrogen and oxygen atoms in total. The van der Waals surface area contributed by atoms with Crippen molar-refractivity contribution in [1.29, 1.82) is 0 Å². The van der Waals surface area contributed by atoms with Crippen LogP contribution in [0.3, 0.4) is 0 Å². The molecule has 1 aromatic carbocycles. The molecule has 0 saturated carbocycles. The Bertz CT molecular complexity index is 344. The van der Waals surface area contributed by atoms with Crippen molar-refractivity contribution >= 4 is 0 Å². The molecule has 96 valence electrons. The Morgan fingerprint density at radius 2 is 1.71 bits per heavy atom. The third kappa shape index (κ3) is 4.26. The monoisotopic (exact) mass is 248 g/mol. The molecule has 0 fully saturated rings. The van der Waals surface area contributed by atoms with Gasteiger partial charge in [-0.05, 0) is 23.6 Å². The Kier molecular flexibility index (Phi) is 4.40. The summed E-state index contributed by atoms with van der Waals surface area (Å²) in [4.78, 5) is 0. The average molecular weight is 248 g/mol. The van der Waals surface area contributed by atoms with E-state index >= 15 is 0 Å². The molecule has 5 heteroatoms. The molecule has 0 heterocycles. The van der Waals surface area contributed by atoms with Crippen LogP contribution in [0.4, 0.5) is 13.2 Å². The summed E-state index contributed by atoms with van der Waals surface area (Å²) in [7, 11) is 0. The molecule has 1 rings (SSSR count). The molecule has 0 unspecified atom stereocenters. The summed E-state index contributed by atoms with van der Waals surface area (Å²) in [6.45, 7) is 3.25. The largest absolute Gasteiger partial charge is 0.491 e. The zero-order valence-corrected chi connectivity index (χ0v) is 9.66. The number of benzene rings is 1. The van der Waals surface area contributed by atoms with E-state index in [9.17, 15) is 13.2 Å². The van der Waals surface area contributed by atoms with Gasteiger partial charge in [-0.1, -0.05) is 26.0 Å². The first-order chi connectivity index (χ1) is 7.80. The van der Waals surface area contributed by atoms with Gasteiger partial charge in [0.2, 0.25) is 0 Å². The molecule has 1 aromatic rings. The first kappa shape index (κ1) is 13.8. The van der Waals surface area contributed by atoms with E-state index in [0.29, 0.717) is 11.7 Å². The number of alkyl halides is 3. The number of rotatable bonds is 4. The lowest BCUT2D eigenvalue weighted by Crippen LogP contribution is -2.34. The van der Waals surface area contributed by atoms with Crippen LogP contribution in [0.5, 0.6) is 5.75 Å². The highest BCUT2D eigenvalue weighted by molar-refractivity contribution is 5.28. The topological polar surface area (TPSA) is 29.5 Å². The standard InChI is InChI=1S/C12H15F3O2/c1-8(2)9-3-5-10(6-4-9)17-7-11(16)12(13,14)15/h3-6,8,11,16H,7H2,1-2H3/t11-/m1/s1. The molecule has 17 heavy (non-hydrogen) atoms. The zero-order chi connectivity index (χ0) is 13.1. The van der Waals surface area contributed by atoms with Gasteiger partial charge in [0.15, 0.2) is 6.10 Å². The van der Waals surface area contributed by atoms with Crippen LogP contribution in [0.15, 0.2) is 24.3 Å². The van der Waals surface area contributed by atoms with Gasteiger partial charge in [-0.3, -0.25) is 0 Å². The van der Waals surface area contributed by atoms with Crippen LogP contribution in [-0.4, -0.2) is 24.0 Å². The molecule has 0 amide bonds. The summed E-state index contributed by atoms with van der Waals surface area (Å²) in [5.74, 6) is 0.669. The normalized spacial score (nSPS) is 13.8. The van der Waals surface area contributed by atoms with Crippen LogP contribution in [-0.2, 0) is 0 Å². The highest BCUT2D eigenvalue weighted by Crippen LogP contribution is 2.22. The van der Waals surface area contributed by atoms with Gasteiger partial charge < -0.3 is 9.84 Å². The van der Waals surface area contributed by atoms with Crippen molar-refractivity contribution in [2.24, 2.45) is 0 Å². The van der Waals surface area contributed by atoms with Gasteiger partial charge >= 0.3 is 6.18 Å². The molecule has 0 aromatic heterocycles. The Hall–Kier alpha value is -1.23. The third-order valence-electron chi connectivity index (χ3n) is 2.33. The van der Waals surface area contributed by atoms with Crippen LogP contribution in [0.2, 0.25) is 0 Å². The molecule has 0 aliphatic heterocycles. The molecule has 0 bridgehead atoms. The zero-order valence-electron chi connectivity index (χ0n) is 9.66. The second kappa shape index (κ2) is 5.40. The fraction of sp³-hybridized carbons (Fsp3) is 0.500. The third-order valence-corrected chi connectivity index (χ3v) is 2.33. The molecule has 0 aliphatic carbocycles. The van der Waals surface area contributed by atoms with Gasteiger partial charge in [-0.15, -0.1) is 0 Å². The SMILES string of the molecule is CC(C)c1ccc(OC[C@@H](O)C(F)(F)F)cc1. The molecule has 0 saturated heterocycles. The first-order valence-corrected chi connectivity index (χ1v) is 5.28. The lowest BCUT2D eigenvalue weighted by atomic mass is 10.0. The van der Waals surface area contributed by atoms with Crippen LogP contribution < -0.4 is 4.74 Å². The smallest absolute Gasteiger partial charge is 0.417 e. The number of halogens is 3. The van der Waals surface area contributed by atoms with Crippen molar-refractivity contribution in [2.75, 3.05) is 6.61 Å². The van der Waals surface area contributed by atoms with Crippen molar-refractivity contribution in [3.05, 3.63) is 29.8 Å². The van der Waals surface area contributed by atoms with E-state index < -0.39 is 18.9 Å². The minimum atomic E-state index is -4.64. The summed E-state index contributed by atoms with van der Waals surface area (Å²) in [6, 6.07) is 6.77. The predicted molar refractivity (Wildman–Crippen MR) is 58.1 cm³/mol. The van der Waals surface area contributed by atoms with Crippen molar-refractivity contribution in [1.82, 2.24) is 0 Å². The fourth-order valence-corrected chi connectivity index (χ4v) is 1.22. The Labute approximate surface area is 98.0 Å². The maximum absolute atomic E-state index is 12.0. The van der Waals surface area contributed by atoms with Gasteiger partial charge in [0.25, 0.3) is 0 Å². The lowest BCUT2D eigenvalue weighted by molar-refractivity contribution is -0.210. The Balaban J connectivity index is 2.53. The van der Waals surface area contributed by atoms with Crippen molar-refractivity contribution < 1.29 is 23.0 Å².